The van der Waals surface area contributed by atoms with Gasteiger partial charge in [-0.15, -0.1) is 0 Å². The van der Waals surface area contributed by atoms with Gasteiger partial charge >= 0.3 is 187 Å². The molecule has 0 spiro atoms. The Morgan fingerprint density at radius 2 is 0.484 bits per heavy atom. The molecule has 0 aliphatic rings. The van der Waals surface area contributed by atoms with E-state index in [2.05, 4.69) is 135 Å². The van der Waals surface area contributed by atoms with Gasteiger partial charge in [0.15, 0.2) is 0 Å². The summed E-state index contributed by atoms with van der Waals surface area (Å²) in [5.74, 6) is 0. The number of rotatable bonds is 4. The summed E-state index contributed by atoms with van der Waals surface area (Å²) < 4.78 is 5.79. The molecule has 0 unspecified atom stereocenters. The first-order valence-corrected chi connectivity index (χ1v) is 20.2. The molecule has 0 atom stereocenters. The van der Waals surface area contributed by atoms with Crippen LogP contribution in [0.5, 0.6) is 0 Å². The molecule has 160 valence electrons. The van der Waals surface area contributed by atoms with E-state index in [-0.39, 0.29) is 0 Å². The quantitative estimate of drug-likeness (QED) is 0.313. The van der Waals surface area contributed by atoms with Crippen LogP contribution in [0.15, 0.2) is 97.1 Å². The first kappa shape index (κ1) is 21.9. The van der Waals surface area contributed by atoms with E-state index in [9.17, 15) is 0 Å². The van der Waals surface area contributed by atoms with Crippen LogP contribution in [0.2, 0.25) is 9.94 Å². The monoisotopic (exact) mass is 524 g/mol. The van der Waals surface area contributed by atoms with Crippen molar-refractivity contribution in [3.63, 3.8) is 0 Å². The van der Waals surface area contributed by atoms with Crippen molar-refractivity contribution in [2.75, 3.05) is 0 Å². The molecular weight excluding hydrogens is 488 g/mol. The van der Waals surface area contributed by atoms with Crippen molar-refractivity contribution in [1.29, 1.82) is 0 Å². The van der Waals surface area contributed by atoms with Gasteiger partial charge in [0, 0.05) is 0 Å². The third kappa shape index (κ3) is 3.02. The Morgan fingerprint density at radius 3 is 0.645 bits per heavy atom. The molecule has 0 fully saturated rings. The Balaban J connectivity index is 2.30. The van der Waals surface area contributed by atoms with Crippen LogP contribution >= 0.6 is 0 Å². The first-order chi connectivity index (χ1) is 14.6. The summed E-state index contributed by atoms with van der Waals surface area (Å²) in [4.78, 5) is 5.21. The normalized spacial score (nSPS) is 14.0. The van der Waals surface area contributed by atoms with E-state index < -0.39 is 15.4 Å². The van der Waals surface area contributed by atoms with Gasteiger partial charge in [-0.3, -0.25) is 0 Å². The zero-order chi connectivity index (χ0) is 22.3. The van der Waals surface area contributed by atoms with Gasteiger partial charge in [0.2, 0.25) is 0 Å². The Bertz CT molecular complexity index is 1020. The van der Waals surface area contributed by atoms with Crippen LogP contribution < -0.4 is 14.4 Å². The van der Waals surface area contributed by atoms with Crippen molar-refractivity contribution in [2.45, 2.75) is 37.6 Å². The molecule has 1 heteroatoms. The van der Waals surface area contributed by atoms with Gasteiger partial charge in [-0.2, -0.15) is 0 Å². The molecule has 4 aromatic carbocycles. The molecule has 0 saturated heterocycles. The van der Waals surface area contributed by atoms with Crippen LogP contribution in [0, 0.1) is 27.7 Å². The maximum atomic E-state index is 2.60. The minimum atomic E-state index is -4.57. The molecular formula is C30H34Te. The molecule has 0 aliphatic carbocycles. The van der Waals surface area contributed by atoms with Gasteiger partial charge in [0.05, 0.1) is 0 Å². The summed E-state index contributed by atoms with van der Waals surface area (Å²) in [5, 5.41) is 0. The van der Waals surface area contributed by atoms with Crippen molar-refractivity contribution in [1.82, 2.24) is 0 Å². The van der Waals surface area contributed by atoms with Gasteiger partial charge in [-0.1, -0.05) is 0 Å². The van der Waals surface area contributed by atoms with Crippen molar-refractivity contribution in [3.8, 4) is 0 Å². The molecule has 0 bridgehead atoms. The molecule has 0 nitrogen and oxygen atoms in total. The van der Waals surface area contributed by atoms with Crippen LogP contribution in [-0.2, 0) is 0 Å². The van der Waals surface area contributed by atoms with Crippen LogP contribution in [0.3, 0.4) is 0 Å². The van der Waals surface area contributed by atoms with Gasteiger partial charge in [-0.05, 0) is 0 Å². The molecule has 4 aromatic rings. The summed E-state index contributed by atoms with van der Waals surface area (Å²) in [7, 11) is 0. The van der Waals surface area contributed by atoms with Crippen LogP contribution in [0.4, 0.5) is 0 Å². The average Bonchev–Trinajstić information content (AvgIpc) is 2.75. The fourth-order valence-electron chi connectivity index (χ4n) is 4.87. The third-order valence-electron chi connectivity index (χ3n) is 7.38. The van der Waals surface area contributed by atoms with Crippen LogP contribution in [0.25, 0.3) is 0 Å². The Hall–Kier alpha value is -2.33. The zero-order valence-corrected chi connectivity index (χ0v) is 22.0. The second kappa shape index (κ2) is 7.09. The predicted octanol–water partition coefficient (Wildman–Crippen LogP) is 5.47. The minimum absolute atomic E-state index is 1.30. The first-order valence-electron chi connectivity index (χ1n) is 10.9. The summed E-state index contributed by atoms with van der Waals surface area (Å²) >= 11 is -4.57. The van der Waals surface area contributed by atoms with Gasteiger partial charge in [0.25, 0.3) is 0 Å². The molecule has 0 radical (unpaired) electrons. The Morgan fingerprint density at radius 1 is 0.323 bits per heavy atom. The van der Waals surface area contributed by atoms with E-state index in [0.717, 1.165) is 0 Å². The second-order valence-corrected chi connectivity index (χ2v) is 30.4. The van der Waals surface area contributed by atoms with Crippen molar-refractivity contribution in [2.24, 2.45) is 0 Å². The van der Waals surface area contributed by atoms with E-state index >= 15 is 0 Å². The summed E-state index contributed by atoms with van der Waals surface area (Å²) in [6.07, 6.45) is 0. The SMILES string of the molecule is Cc1ccc([Te](C)(C)(c2ccc(C)cc2)(c2ccc(C)cc2)c2ccc(C)cc2)cc1. The number of hydrogen-bond acceptors (Lipinski definition) is 0. The maximum absolute atomic E-state index is 4.57. The zero-order valence-electron chi connectivity index (χ0n) is 19.6. The Labute approximate surface area is 186 Å². The van der Waals surface area contributed by atoms with Crippen LogP contribution in [-0.4, -0.2) is 15.4 Å². The molecule has 0 aliphatic heterocycles. The molecule has 4 rings (SSSR count). The van der Waals surface area contributed by atoms with E-state index in [0.29, 0.717) is 0 Å². The number of benzene rings is 4. The van der Waals surface area contributed by atoms with Crippen LogP contribution in [0.1, 0.15) is 22.3 Å². The number of hydrogen-bond donors (Lipinski definition) is 0. The Kier molecular flexibility index (Phi) is 5.01. The molecule has 0 aromatic heterocycles. The molecule has 0 amide bonds. The van der Waals surface area contributed by atoms with Gasteiger partial charge < -0.3 is 0 Å². The van der Waals surface area contributed by atoms with Gasteiger partial charge in [0.1, 0.15) is 0 Å². The summed E-state index contributed by atoms with van der Waals surface area (Å²) in [6, 6.07) is 37.4. The molecule has 31 heavy (non-hydrogen) atoms. The predicted molar refractivity (Wildman–Crippen MR) is 141 cm³/mol. The van der Waals surface area contributed by atoms with Crippen molar-refractivity contribution in [3.05, 3.63) is 119 Å². The van der Waals surface area contributed by atoms with Crippen molar-refractivity contribution < 1.29 is 0 Å². The number of aryl methyl sites for hydroxylation is 4. The summed E-state index contributed by atoms with van der Waals surface area (Å²) in [5.41, 5.74) is 5.18. The standard InChI is InChI=1S/C30H34Te/c1-23-7-15-27(16-8-23)31(5,6,28-17-9-24(2)10-18-28,29-19-11-25(3)12-20-29)30-21-13-26(4)14-22-30/h7-22H,1-6H3. The van der Waals surface area contributed by atoms with E-state index in [1.165, 1.54) is 36.7 Å². The van der Waals surface area contributed by atoms with E-state index in [4.69, 9.17) is 0 Å². The van der Waals surface area contributed by atoms with Crippen molar-refractivity contribution >= 4 is 29.9 Å². The average molecular weight is 522 g/mol. The van der Waals surface area contributed by atoms with E-state index in [1.54, 1.807) is 0 Å². The third-order valence-corrected chi connectivity index (χ3v) is 29.3. The molecule has 0 heterocycles. The molecule has 0 saturated carbocycles. The topological polar surface area (TPSA) is 0 Å². The fourth-order valence-corrected chi connectivity index (χ4v) is 22.0. The summed E-state index contributed by atoms with van der Waals surface area (Å²) in [6.45, 7) is 8.69. The van der Waals surface area contributed by atoms with E-state index in [1.807, 2.05) is 0 Å². The molecule has 0 N–H and O–H groups in total. The fraction of sp³-hybridized carbons (Fsp3) is 0.200. The van der Waals surface area contributed by atoms with Gasteiger partial charge in [-0.25, -0.2) is 0 Å². The second-order valence-electron chi connectivity index (χ2n) is 9.91.